The normalized spacial score (nSPS) is 11.2. The second kappa shape index (κ2) is 15.1. The topological polar surface area (TPSA) is 109 Å². The second-order valence-electron chi connectivity index (χ2n) is 9.44. The number of rotatable bonds is 11. The molecule has 3 N–H and O–H groups in total. The zero-order chi connectivity index (χ0) is 31.8. The molecule has 3 amide bonds. The van der Waals surface area contributed by atoms with E-state index in [9.17, 15) is 14.4 Å². The molecule has 0 radical (unpaired) electrons. The number of halogens is 2. The molecular formula is C33H26Cl2N4O4S2. The summed E-state index contributed by atoms with van der Waals surface area (Å²) in [6.07, 6.45) is 1.49. The first-order chi connectivity index (χ1) is 21.8. The molecule has 12 heteroatoms. The van der Waals surface area contributed by atoms with Crippen LogP contribution >= 0.6 is 46.3 Å². The number of carbonyl (C=O) groups excluding carboxylic acids is 3. The number of nitrogens with zero attached hydrogens (tertiary/aromatic N) is 1. The number of benzene rings is 4. The van der Waals surface area contributed by atoms with Crippen molar-refractivity contribution in [3.05, 3.63) is 118 Å². The monoisotopic (exact) mass is 676 g/mol. The van der Waals surface area contributed by atoms with Gasteiger partial charge in [0.15, 0.2) is 5.13 Å². The summed E-state index contributed by atoms with van der Waals surface area (Å²) in [5.74, 6) is -0.253. The molecule has 0 aliphatic rings. The molecule has 4 aromatic carbocycles. The Morgan fingerprint density at radius 1 is 0.933 bits per heavy atom. The molecule has 5 aromatic rings. The fourth-order valence-electron chi connectivity index (χ4n) is 4.07. The molecule has 0 fully saturated rings. The van der Waals surface area contributed by atoms with Crippen molar-refractivity contribution in [2.24, 2.45) is 0 Å². The van der Waals surface area contributed by atoms with E-state index in [0.29, 0.717) is 38.6 Å². The standard InChI is InChI=1S/C33H26Cl2N4O4S2/c1-2-43-24-12-15-27-29(18-24)45-33(38-27)39-30(40)19-44-25-13-10-23(11-14-25)36-32(42)28(16-21-8-9-22(34)17-26(21)35)37-31(41)20-6-4-3-5-7-20/h3-18H,2,19H2,1H3,(H,36,42)(H,37,41)(H,38,39,40)/b28-16-. The minimum absolute atomic E-state index is 0.00726. The van der Waals surface area contributed by atoms with Crippen LogP contribution in [-0.2, 0) is 9.59 Å². The van der Waals surface area contributed by atoms with Gasteiger partial charge in [-0.1, -0.05) is 58.8 Å². The average Bonchev–Trinajstić information content (AvgIpc) is 3.43. The Bertz CT molecular complexity index is 1880. The molecule has 0 atom stereocenters. The molecule has 0 saturated heterocycles. The Morgan fingerprint density at radius 3 is 2.44 bits per heavy atom. The van der Waals surface area contributed by atoms with Crippen LogP contribution in [0.3, 0.4) is 0 Å². The van der Waals surface area contributed by atoms with Gasteiger partial charge in [0.2, 0.25) is 5.91 Å². The highest BCUT2D eigenvalue weighted by Gasteiger charge is 2.16. The summed E-state index contributed by atoms with van der Waals surface area (Å²) in [4.78, 5) is 44.1. The van der Waals surface area contributed by atoms with Crippen molar-refractivity contribution in [3.63, 3.8) is 0 Å². The van der Waals surface area contributed by atoms with Gasteiger partial charge >= 0.3 is 0 Å². The Kier molecular flexibility index (Phi) is 10.7. The molecule has 0 aliphatic heterocycles. The zero-order valence-corrected chi connectivity index (χ0v) is 26.9. The summed E-state index contributed by atoms with van der Waals surface area (Å²) < 4.78 is 6.46. The maximum absolute atomic E-state index is 13.3. The number of amides is 3. The summed E-state index contributed by atoms with van der Waals surface area (Å²) in [5.41, 5.74) is 2.18. The third-order valence-corrected chi connectivity index (χ3v) is 8.70. The molecule has 5 rings (SSSR count). The number of anilines is 2. The molecule has 1 aromatic heterocycles. The van der Waals surface area contributed by atoms with Crippen LogP contribution in [0.5, 0.6) is 5.75 Å². The van der Waals surface area contributed by atoms with E-state index in [0.717, 1.165) is 20.9 Å². The molecule has 228 valence electrons. The van der Waals surface area contributed by atoms with E-state index in [-0.39, 0.29) is 17.4 Å². The van der Waals surface area contributed by atoms with Crippen molar-refractivity contribution in [1.29, 1.82) is 0 Å². The van der Waals surface area contributed by atoms with Gasteiger partial charge in [-0.2, -0.15) is 0 Å². The lowest BCUT2D eigenvalue weighted by Crippen LogP contribution is -2.30. The van der Waals surface area contributed by atoms with Gasteiger partial charge in [0.1, 0.15) is 11.4 Å². The van der Waals surface area contributed by atoms with Gasteiger partial charge in [-0.3, -0.25) is 14.4 Å². The van der Waals surface area contributed by atoms with Crippen LogP contribution in [0, 0.1) is 0 Å². The third-order valence-electron chi connectivity index (χ3n) is 6.19. The van der Waals surface area contributed by atoms with E-state index < -0.39 is 11.8 Å². The first-order valence-electron chi connectivity index (χ1n) is 13.7. The Morgan fingerprint density at radius 2 is 1.71 bits per heavy atom. The van der Waals surface area contributed by atoms with E-state index in [1.165, 1.54) is 29.2 Å². The van der Waals surface area contributed by atoms with Crippen LogP contribution in [0.4, 0.5) is 10.8 Å². The van der Waals surface area contributed by atoms with Gasteiger partial charge in [-0.25, -0.2) is 4.98 Å². The number of aromatic nitrogens is 1. The van der Waals surface area contributed by atoms with Crippen molar-refractivity contribution in [1.82, 2.24) is 10.3 Å². The maximum Gasteiger partial charge on any atom is 0.272 e. The van der Waals surface area contributed by atoms with Gasteiger partial charge in [0, 0.05) is 26.2 Å². The molecule has 0 spiro atoms. The second-order valence-corrected chi connectivity index (χ2v) is 12.4. The number of ether oxygens (including phenoxy) is 1. The molecule has 0 unspecified atom stereocenters. The number of thiazole rings is 1. The first-order valence-corrected chi connectivity index (χ1v) is 16.2. The van der Waals surface area contributed by atoms with E-state index >= 15 is 0 Å². The lowest BCUT2D eigenvalue weighted by Gasteiger charge is -2.12. The quantitative estimate of drug-likeness (QED) is 0.0962. The van der Waals surface area contributed by atoms with Crippen LogP contribution < -0.4 is 20.7 Å². The summed E-state index contributed by atoms with van der Waals surface area (Å²) in [6.45, 7) is 2.50. The molecule has 8 nitrogen and oxygen atoms in total. The van der Waals surface area contributed by atoms with Gasteiger partial charge < -0.3 is 20.7 Å². The highest BCUT2D eigenvalue weighted by Crippen LogP contribution is 2.30. The molecule has 45 heavy (non-hydrogen) atoms. The number of thioether (sulfide) groups is 1. The predicted octanol–water partition coefficient (Wildman–Crippen LogP) is 8.14. The summed E-state index contributed by atoms with van der Waals surface area (Å²) in [5, 5.41) is 9.63. The van der Waals surface area contributed by atoms with Crippen molar-refractivity contribution in [2.75, 3.05) is 23.0 Å². The van der Waals surface area contributed by atoms with Crippen molar-refractivity contribution in [2.45, 2.75) is 11.8 Å². The Labute approximate surface area is 277 Å². The lowest BCUT2D eigenvalue weighted by molar-refractivity contribution is -0.114. The average molecular weight is 678 g/mol. The van der Waals surface area contributed by atoms with E-state index in [1.807, 2.05) is 25.1 Å². The largest absolute Gasteiger partial charge is 0.494 e. The third kappa shape index (κ3) is 8.86. The van der Waals surface area contributed by atoms with E-state index in [2.05, 4.69) is 20.9 Å². The molecule has 1 heterocycles. The van der Waals surface area contributed by atoms with Gasteiger partial charge in [-0.15, -0.1) is 11.8 Å². The van der Waals surface area contributed by atoms with Gasteiger partial charge in [0.05, 0.1) is 22.6 Å². The van der Waals surface area contributed by atoms with Crippen LogP contribution in [0.25, 0.3) is 16.3 Å². The van der Waals surface area contributed by atoms with Crippen LogP contribution in [0.15, 0.2) is 102 Å². The molecule has 0 saturated carbocycles. The number of hydrogen-bond acceptors (Lipinski definition) is 7. The van der Waals surface area contributed by atoms with Gasteiger partial charge in [0.25, 0.3) is 11.8 Å². The summed E-state index contributed by atoms with van der Waals surface area (Å²) in [6, 6.07) is 26.1. The predicted molar refractivity (Wildman–Crippen MR) is 184 cm³/mol. The number of nitrogens with one attached hydrogen (secondary N) is 3. The minimum atomic E-state index is -0.547. The SMILES string of the molecule is CCOc1ccc2nc(NC(=O)CSc3ccc(NC(=O)/C(=C/c4ccc(Cl)cc4Cl)NC(=O)c4ccccc4)cc3)sc2c1. The first kappa shape index (κ1) is 32.1. The van der Waals surface area contributed by atoms with Crippen molar-refractivity contribution < 1.29 is 19.1 Å². The summed E-state index contributed by atoms with van der Waals surface area (Å²) >= 11 is 15.1. The van der Waals surface area contributed by atoms with Crippen LogP contribution in [0.2, 0.25) is 10.0 Å². The lowest BCUT2D eigenvalue weighted by atomic mass is 10.1. The number of hydrogen-bond donors (Lipinski definition) is 3. The van der Waals surface area contributed by atoms with E-state index in [4.69, 9.17) is 27.9 Å². The fraction of sp³-hybridized carbons (Fsp3) is 0.0909. The molecule has 0 aliphatic carbocycles. The maximum atomic E-state index is 13.3. The highest BCUT2D eigenvalue weighted by atomic mass is 35.5. The minimum Gasteiger partial charge on any atom is -0.494 e. The number of carbonyl (C=O) groups is 3. The number of fused-ring (bicyclic) bond motifs is 1. The Balaban J connectivity index is 1.21. The van der Waals surface area contributed by atoms with Crippen molar-refractivity contribution >= 4 is 91.1 Å². The van der Waals surface area contributed by atoms with E-state index in [1.54, 1.807) is 72.8 Å². The Hall–Kier alpha value is -4.35. The molecule has 0 bridgehead atoms. The zero-order valence-electron chi connectivity index (χ0n) is 23.8. The fourth-order valence-corrected chi connectivity index (χ4v) is 6.14. The molecular weight excluding hydrogens is 651 g/mol. The van der Waals surface area contributed by atoms with Crippen molar-refractivity contribution in [3.8, 4) is 5.75 Å². The smallest absolute Gasteiger partial charge is 0.272 e. The highest BCUT2D eigenvalue weighted by molar-refractivity contribution is 8.00. The van der Waals surface area contributed by atoms with Gasteiger partial charge in [-0.05, 0) is 85.3 Å². The van der Waals surface area contributed by atoms with Crippen LogP contribution in [-0.4, -0.2) is 35.1 Å². The summed E-state index contributed by atoms with van der Waals surface area (Å²) in [7, 11) is 0. The van der Waals surface area contributed by atoms with Crippen LogP contribution in [0.1, 0.15) is 22.8 Å².